The molecule has 0 aliphatic rings. The second-order valence-electron chi connectivity index (χ2n) is 16.8. The van der Waals surface area contributed by atoms with E-state index < -0.39 is 11.9 Å². The van der Waals surface area contributed by atoms with Crippen molar-refractivity contribution in [3.05, 3.63) is 157 Å². The third-order valence-electron chi connectivity index (χ3n) is 11.6. The normalized spacial score (nSPS) is 10.9. The van der Waals surface area contributed by atoms with Crippen LogP contribution in [0.3, 0.4) is 0 Å². The number of rotatable bonds is 32. The van der Waals surface area contributed by atoms with Gasteiger partial charge in [-0.1, -0.05) is 162 Å². The summed E-state index contributed by atoms with van der Waals surface area (Å²) in [4.78, 5) is 26.3. The summed E-state index contributed by atoms with van der Waals surface area (Å²) in [6, 6.07) is 35.0. The van der Waals surface area contributed by atoms with Crippen molar-refractivity contribution in [2.45, 2.75) is 128 Å². The minimum Gasteiger partial charge on any atom is -0.494 e. The monoisotopic (exact) mass is 896 g/mol. The molecule has 344 valence electrons. The molecule has 0 radical (unpaired) electrons. The molecule has 65 heavy (non-hydrogen) atoms. The van der Waals surface area contributed by atoms with Crippen LogP contribution in [0.15, 0.2) is 141 Å². The van der Waals surface area contributed by atoms with Crippen LogP contribution < -0.4 is 18.9 Å². The van der Waals surface area contributed by atoms with Crippen molar-refractivity contribution in [1.82, 2.24) is 0 Å². The second-order valence-corrected chi connectivity index (χ2v) is 17.2. The number of unbranched alkanes of at least 4 members (excludes halogenated alkanes) is 18. The molecular weight excluding hydrogens is 828 g/mol. The Hall–Kier alpha value is -5.59. The number of allylic oxidation sites excluding steroid dienone is 2. The summed E-state index contributed by atoms with van der Waals surface area (Å²) in [7, 11) is 0. The van der Waals surface area contributed by atoms with Crippen LogP contribution in [0.1, 0.15) is 149 Å². The summed E-state index contributed by atoms with van der Waals surface area (Å²) < 4.78 is 23.3. The van der Waals surface area contributed by atoms with Crippen molar-refractivity contribution in [2.24, 2.45) is 0 Å². The maximum atomic E-state index is 13.2. The molecule has 0 saturated carbocycles. The van der Waals surface area contributed by atoms with Crippen LogP contribution in [-0.2, 0) is 0 Å². The standard InChI is InChI=1S/C58H69ClO6/c1-3-5-7-9-11-13-15-17-19-21-23-43-62-52-37-33-48(34-38-52)46-25-29-50(30-26-46)57(60)64-54-41-42-55(59)56(45-54)65-58(61)51-31-27-47(28-32-51)49-35-39-53(40-36-49)63-44-24-22-20-18-16-14-12-10-8-6-4-2/h3-4,25-42,45H,1-2,5-24,43-44H2. The van der Waals surface area contributed by atoms with E-state index in [1.165, 1.54) is 115 Å². The zero-order chi connectivity index (χ0) is 45.7. The summed E-state index contributed by atoms with van der Waals surface area (Å²) in [6.07, 6.45) is 29.1. The number of hydrogen-bond donors (Lipinski definition) is 0. The van der Waals surface area contributed by atoms with Gasteiger partial charge in [0.1, 0.15) is 17.2 Å². The molecule has 5 aromatic rings. The van der Waals surface area contributed by atoms with E-state index in [0.29, 0.717) is 24.3 Å². The molecule has 0 amide bonds. The second kappa shape index (κ2) is 29.8. The smallest absolute Gasteiger partial charge is 0.343 e. The zero-order valence-electron chi connectivity index (χ0n) is 38.4. The first-order valence-corrected chi connectivity index (χ1v) is 24.4. The van der Waals surface area contributed by atoms with E-state index in [2.05, 4.69) is 13.2 Å². The topological polar surface area (TPSA) is 71.1 Å². The first-order valence-electron chi connectivity index (χ1n) is 24.1. The average molecular weight is 898 g/mol. The van der Waals surface area contributed by atoms with E-state index in [0.717, 1.165) is 59.4 Å². The third kappa shape index (κ3) is 18.8. The predicted molar refractivity (Wildman–Crippen MR) is 269 cm³/mol. The van der Waals surface area contributed by atoms with Gasteiger partial charge in [0.05, 0.1) is 29.4 Å². The molecule has 0 aliphatic carbocycles. The number of carbonyl (C=O) groups is 2. The van der Waals surface area contributed by atoms with Crippen LogP contribution in [0.25, 0.3) is 22.3 Å². The minimum absolute atomic E-state index is 0.0893. The Labute approximate surface area is 394 Å². The van der Waals surface area contributed by atoms with Crippen LogP contribution in [-0.4, -0.2) is 25.2 Å². The van der Waals surface area contributed by atoms with Crippen molar-refractivity contribution < 1.29 is 28.5 Å². The zero-order valence-corrected chi connectivity index (χ0v) is 39.2. The lowest BCUT2D eigenvalue weighted by Crippen LogP contribution is -2.10. The number of ether oxygens (including phenoxy) is 4. The molecular formula is C58H69ClO6. The number of carbonyl (C=O) groups excluding carboxylic acids is 2. The molecule has 7 heteroatoms. The number of benzene rings is 5. The Morgan fingerprint density at radius 1 is 0.400 bits per heavy atom. The molecule has 5 aromatic carbocycles. The van der Waals surface area contributed by atoms with Crippen LogP contribution >= 0.6 is 11.6 Å². The summed E-state index contributed by atoms with van der Waals surface area (Å²) in [5.41, 5.74) is 4.69. The quantitative estimate of drug-likeness (QED) is 0.0185. The van der Waals surface area contributed by atoms with Crippen molar-refractivity contribution in [3.63, 3.8) is 0 Å². The lowest BCUT2D eigenvalue weighted by molar-refractivity contribution is 0.0733. The maximum absolute atomic E-state index is 13.2. The van der Waals surface area contributed by atoms with Gasteiger partial charge in [-0.15, -0.1) is 13.2 Å². The third-order valence-corrected chi connectivity index (χ3v) is 11.9. The molecule has 0 N–H and O–H groups in total. The Balaban J connectivity index is 0.996. The highest BCUT2D eigenvalue weighted by molar-refractivity contribution is 6.32. The lowest BCUT2D eigenvalue weighted by Gasteiger charge is -2.11. The molecule has 0 atom stereocenters. The highest BCUT2D eigenvalue weighted by Gasteiger charge is 2.16. The van der Waals surface area contributed by atoms with Crippen molar-refractivity contribution in [1.29, 1.82) is 0 Å². The van der Waals surface area contributed by atoms with Gasteiger partial charge < -0.3 is 18.9 Å². The van der Waals surface area contributed by atoms with Gasteiger partial charge in [0.2, 0.25) is 0 Å². The molecule has 5 rings (SSSR count). The summed E-state index contributed by atoms with van der Waals surface area (Å²) in [6.45, 7) is 9.01. The van der Waals surface area contributed by atoms with E-state index >= 15 is 0 Å². The number of esters is 2. The van der Waals surface area contributed by atoms with Crippen LogP contribution in [0.2, 0.25) is 5.02 Å². The Morgan fingerprint density at radius 2 is 0.723 bits per heavy atom. The Morgan fingerprint density at radius 3 is 1.11 bits per heavy atom. The van der Waals surface area contributed by atoms with Crippen molar-refractivity contribution in [3.8, 4) is 45.3 Å². The van der Waals surface area contributed by atoms with Crippen LogP contribution in [0.5, 0.6) is 23.0 Å². The van der Waals surface area contributed by atoms with E-state index in [9.17, 15) is 9.59 Å². The average Bonchev–Trinajstić information content (AvgIpc) is 3.33. The van der Waals surface area contributed by atoms with Crippen molar-refractivity contribution in [2.75, 3.05) is 13.2 Å². The fourth-order valence-electron chi connectivity index (χ4n) is 7.67. The molecule has 0 heterocycles. The minimum atomic E-state index is -0.581. The number of halogens is 1. The highest BCUT2D eigenvalue weighted by Crippen LogP contribution is 2.31. The lowest BCUT2D eigenvalue weighted by atomic mass is 10.0. The first kappa shape index (κ1) is 50.4. The van der Waals surface area contributed by atoms with E-state index in [4.69, 9.17) is 30.5 Å². The van der Waals surface area contributed by atoms with Gasteiger partial charge in [-0.05, 0) is 121 Å². The molecule has 0 unspecified atom stereocenters. The van der Waals surface area contributed by atoms with Crippen LogP contribution in [0, 0.1) is 0 Å². The van der Waals surface area contributed by atoms with E-state index in [1.54, 1.807) is 30.3 Å². The molecule has 6 nitrogen and oxygen atoms in total. The molecule has 0 spiro atoms. The molecule has 0 saturated heterocycles. The molecule has 0 bridgehead atoms. The SMILES string of the molecule is C=CCCCCCCCCCCCOc1ccc(-c2ccc(C(=O)Oc3ccc(Cl)c(OC(=O)c4ccc(-c5ccc(OCCCCCCCCCCCC=C)cc5)cc4)c3)cc2)cc1. The van der Waals surface area contributed by atoms with Crippen molar-refractivity contribution >= 4 is 23.5 Å². The Bertz CT molecular complexity index is 2140. The van der Waals surface area contributed by atoms with E-state index in [-0.39, 0.29) is 16.5 Å². The van der Waals surface area contributed by atoms with Gasteiger partial charge in [-0.3, -0.25) is 0 Å². The van der Waals surface area contributed by atoms with Gasteiger partial charge in [-0.2, -0.15) is 0 Å². The summed E-state index contributed by atoms with van der Waals surface area (Å²) in [5.74, 6) is 0.866. The van der Waals surface area contributed by atoms with Gasteiger partial charge >= 0.3 is 11.9 Å². The maximum Gasteiger partial charge on any atom is 0.343 e. The fourth-order valence-corrected chi connectivity index (χ4v) is 7.83. The van der Waals surface area contributed by atoms with Gasteiger partial charge in [0.15, 0.2) is 5.75 Å². The first-order chi connectivity index (χ1) is 31.9. The van der Waals surface area contributed by atoms with Gasteiger partial charge in [0.25, 0.3) is 0 Å². The number of hydrogen-bond acceptors (Lipinski definition) is 6. The molecule has 0 aliphatic heterocycles. The predicted octanol–water partition coefficient (Wildman–Crippen LogP) is 17.0. The largest absolute Gasteiger partial charge is 0.494 e. The van der Waals surface area contributed by atoms with Crippen LogP contribution in [0.4, 0.5) is 0 Å². The molecule has 0 fully saturated rings. The Kier molecular flexibility index (Phi) is 23.1. The summed E-state index contributed by atoms with van der Waals surface area (Å²) in [5, 5.41) is 0.214. The summed E-state index contributed by atoms with van der Waals surface area (Å²) >= 11 is 6.40. The highest BCUT2D eigenvalue weighted by atomic mass is 35.5. The van der Waals surface area contributed by atoms with Gasteiger partial charge in [0, 0.05) is 6.07 Å². The fraction of sp³-hybridized carbons (Fsp3) is 0.379. The van der Waals surface area contributed by atoms with Gasteiger partial charge in [-0.25, -0.2) is 9.59 Å². The molecule has 0 aromatic heterocycles. The van der Waals surface area contributed by atoms with E-state index in [1.807, 2.05) is 84.9 Å².